The van der Waals surface area contributed by atoms with Gasteiger partial charge in [0.1, 0.15) is 0 Å². The molecule has 0 amide bonds. The van der Waals surface area contributed by atoms with Gasteiger partial charge in [-0.3, -0.25) is 0 Å². The highest BCUT2D eigenvalue weighted by Gasteiger charge is 2.18. The Hall–Kier alpha value is -0.125. The van der Waals surface area contributed by atoms with E-state index < -0.39 is 0 Å². The molecule has 0 radical (unpaired) electrons. The molecule has 0 heterocycles. The minimum Gasteiger partial charge on any atom is -0.414 e. The molecule has 8 nitrogen and oxygen atoms in total. The first kappa shape index (κ1) is 24.9. The van der Waals surface area contributed by atoms with E-state index in [1.165, 1.54) is 0 Å². The topological polar surface area (TPSA) is 70.7 Å². The van der Waals surface area contributed by atoms with Crippen LogP contribution in [-0.4, -0.2) is 95.2 Å². The fourth-order valence-corrected chi connectivity index (χ4v) is 2.57. The smallest absolute Gasteiger partial charge is 0.414 e. The van der Waals surface area contributed by atoms with Crippen LogP contribution in [0, 0.1) is 0 Å². The van der Waals surface area contributed by atoms with Gasteiger partial charge in [0.05, 0.1) is 0 Å². The van der Waals surface area contributed by atoms with E-state index in [2.05, 4.69) is 10.1 Å². The van der Waals surface area contributed by atoms with Crippen LogP contribution in [0.3, 0.4) is 0 Å². The van der Waals surface area contributed by atoms with Crippen LogP contribution in [0.5, 0.6) is 0 Å². The molecular weight excluding hydrogens is 325 g/mol. The molecule has 0 saturated carbocycles. The summed E-state index contributed by atoms with van der Waals surface area (Å²) in [6, 6.07) is 0. The minimum atomic E-state index is -0.375. The lowest BCUT2D eigenvalue weighted by atomic mass is 9.82. The van der Waals surface area contributed by atoms with E-state index in [0.29, 0.717) is 0 Å². The predicted octanol–water partition coefficient (Wildman–Crippen LogP) is 0.498. The monoisotopic (exact) mass is 360 g/mol. The van der Waals surface area contributed by atoms with Gasteiger partial charge >= 0.3 is 21.5 Å². The van der Waals surface area contributed by atoms with Crippen LogP contribution in [0.2, 0.25) is 12.6 Å². The van der Waals surface area contributed by atoms with E-state index in [9.17, 15) is 0 Å². The number of hydrogen-bond donors (Lipinski definition) is 1. The maximum atomic E-state index is 5.25. The Morgan fingerprint density at radius 1 is 0.640 bits per heavy atom. The Balaban J connectivity index is 4.24. The van der Waals surface area contributed by atoms with Crippen LogP contribution in [-0.2, 0) is 27.9 Å². The van der Waals surface area contributed by atoms with Crippen molar-refractivity contribution in [3.8, 4) is 0 Å². The summed E-state index contributed by atoms with van der Waals surface area (Å²) in [6.45, 7) is 3.63. The van der Waals surface area contributed by atoms with Gasteiger partial charge in [0, 0.05) is 55.7 Å². The second-order valence-corrected chi connectivity index (χ2v) is 5.69. The summed E-state index contributed by atoms with van der Waals surface area (Å²) >= 11 is 0. The molecular formula is C14H35B3N2O6. The van der Waals surface area contributed by atoms with Crippen molar-refractivity contribution < 1.29 is 27.9 Å². The quantitative estimate of drug-likeness (QED) is 0.355. The highest BCUT2D eigenvalue weighted by molar-refractivity contribution is 6.44. The summed E-state index contributed by atoms with van der Waals surface area (Å²) in [5.74, 6) is 0. The highest BCUT2D eigenvalue weighted by atomic mass is 16.6. The van der Waals surface area contributed by atoms with Crippen LogP contribution in [0.25, 0.3) is 0 Å². The molecule has 0 aromatic carbocycles. The molecule has 0 spiro atoms. The van der Waals surface area contributed by atoms with Crippen molar-refractivity contribution in [2.24, 2.45) is 0 Å². The summed E-state index contributed by atoms with van der Waals surface area (Å²) in [4.78, 5) is 2.40. The van der Waals surface area contributed by atoms with E-state index >= 15 is 0 Å². The average molecular weight is 360 g/mol. The second kappa shape index (κ2) is 17.3. The van der Waals surface area contributed by atoms with Crippen LogP contribution >= 0.6 is 0 Å². The van der Waals surface area contributed by atoms with E-state index in [1.807, 2.05) is 0 Å². The summed E-state index contributed by atoms with van der Waals surface area (Å²) < 4.78 is 31.3. The van der Waals surface area contributed by atoms with Crippen molar-refractivity contribution in [3.63, 3.8) is 0 Å². The SMILES string of the molecule is COB(CCCN(CCCB(OC)OC)CCNB(OC)OC)OC. The molecule has 146 valence electrons. The van der Waals surface area contributed by atoms with Gasteiger partial charge in [-0.25, -0.2) is 0 Å². The normalized spacial score (nSPS) is 11.2. The van der Waals surface area contributed by atoms with E-state index in [4.69, 9.17) is 27.9 Å². The van der Waals surface area contributed by atoms with Crippen LogP contribution in [0.4, 0.5) is 0 Å². The summed E-state index contributed by atoms with van der Waals surface area (Å²) in [5, 5.41) is 3.21. The molecule has 0 aliphatic heterocycles. The van der Waals surface area contributed by atoms with Gasteiger partial charge < -0.3 is 38.1 Å². The zero-order chi connectivity index (χ0) is 18.9. The number of rotatable bonds is 18. The molecule has 0 unspecified atom stereocenters. The van der Waals surface area contributed by atoms with Gasteiger partial charge in [0.15, 0.2) is 0 Å². The zero-order valence-electron chi connectivity index (χ0n) is 16.8. The Labute approximate surface area is 154 Å². The first-order valence-corrected chi connectivity index (χ1v) is 8.77. The van der Waals surface area contributed by atoms with Gasteiger partial charge in [0.25, 0.3) is 0 Å². The Morgan fingerprint density at radius 3 is 1.44 bits per heavy atom. The molecule has 0 atom stereocenters. The molecule has 11 heteroatoms. The van der Waals surface area contributed by atoms with Crippen molar-refractivity contribution >= 4 is 21.5 Å². The summed E-state index contributed by atoms with van der Waals surface area (Å²) in [5.41, 5.74) is 0. The van der Waals surface area contributed by atoms with Gasteiger partial charge in [0.2, 0.25) is 0 Å². The maximum Gasteiger partial charge on any atom is 0.554 e. The fraction of sp³-hybridized carbons (Fsp3) is 1.00. The molecule has 0 saturated heterocycles. The summed E-state index contributed by atoms with van der Waals surface area (Å²) in [7, 11) is 9.24. The number of hydrogen-bond acceptors (Lipinski definition) is 8. The highest BCUT2D eigenvalue weighted by Crippen LogP contribution is 2.06. The zero-order valence-corrected chi connectivity index (χ0v) is 16.8. The van der Waals surface area contributed by atoms with Crippen molar-refractivity contribution in [2.75, 3.05) is 68.8 Å². The Morgan fingerprint density at radius 2 is 1.08 bits per heavy atom. The van der Waals surface area contributed by atoms with Crippen molar-refractivity contribution in [1.82, 2.24) is 10.1 Å². The number of nitrogens with one attached hydrogen (secondary N) is 1. The third kappa shape index (κ3) is 12.8. The molecule has 0 aliphatic carbocycles. The van der Waals surface area contributed by atoms with Crippen LogP contribution < -0.4 is 5.23 Å². The molecule has 1 N–H and O–H groups in total. The standard InChI is InChI=1S/C14H35B3N2O6/c1-20-15(21-2)9-7-12-19(13-8-10-16(22-3)23-4)14-11-18-17(24-5)25-6/h18H,7-14H2,1-6H3. The summed E-state index contributed by atoms with van der Waals surface area (Å²) in [6.07, 6.45) is 3.74. The fourth-order valence-electron chi connectivity index (χ4n) is 2.57. The molecule has 0 fully saturated rings. The molecule has 0 bridgehead atoms. The van der Waals surface area contributed by atoms with E-state index in [-0.39, 0.29) is 21.5 Å². The Bertz CT molecular complexity index is 242. The maximum absolute atomic E-state index is 5.25. The largest absolute Gasteiger partial charge is 0.554 e. The van der Waals surface area contributed by atoms with Gasteiger partial charge in [-0.2, -0.15) is 0 Å². The lowest BCUT2D eigenvalue weighted by Gasteiger charge is -2.23. The van der Waals surface area contributed by atoms with Crippen LogP contribution in [0.1, 0.15) is 12.8 Å². The van der Waals surface area contributed by atoms with Gasteiger partial charge in [-0.05, 0) is 38.6 Å². The van der Waals surface area contributed by atoms with Gasteiger partial charge in [-0.15, -0.1) is 0 Å². The molecule has 0 aliphatic rings. The molecule has 0 rings (SSSR count). The predicted molar refractivity (Wildman–Crippen MR) is 103 cm³/mol. The van der Waals surface area contributed by atoms with Crippen molar-refractivity contribution in [2.45, 2.75) is 25.5 Å². The second-order valence-electron chi connectivity index (χ2n) is 5.69. The first-order valence-electron chi connectivity index (χ1n) is 8.77. The van der Waals surface area contributed by atoms with E-state index in [0.717, 1.165) is 51.7 Å². The number of nitrogens with zero attached hydrogens (tertiary/aromatic N) is 1. The first-order chi connectivity index (χ1) is 12.1. The van der Waals surface area contributed by atoms with E-state index in [1.54, 1.807) is 42.7 Å². The minimum absolute atomic E-state index is 0.141. The molecule has 0 aromatic rings. The third-order valence-electron chi connectivity index (χ3n) is 4.05. The third-order valence-corrected chi connectivity index (χ3v) is 4.05. The van der Waals surface area contributed by atoms with Crippen molar-refractivity contribution in [1.29, 1.82) is 0 Å². The molecule has 0 aromatic heterocycles. The van der Waals surface area contributed by atoms with Crippen LogP contribution in [0.15, 0.2) is 0 Å². The Kier molecular flexibility index (Phi) is 17.2. The van der Waals surface area contributed by atoms with Crippen molar-refractivity contribution in [3.05, 3.63) is 0 Å². The average Bonchev–Trinajstić information content (AvgIpc) is 2.65. The molecule has 25 heavy (non-hydrogen) atoms. The lowest BCUT2D eigenvalue weighted by Crippen LogP contribution is -2.43. The lowest BCUT2D eigenvalue weighted by molar-refractivity contribution is 0.240. The van der Waals surface area contributed by atoms with Gasteiger partial charge in [-0.1, -0.05) is 0 Å².